The zero-order chi connectivity index (χ0) is 14.5. The summed E-state index contributed by atoms with van der Waals surface area (Å²) in [7, 11) is 1.39. The molecule has 0 aromatic heterocycles. The average molecular weight is 399 g/mol. The smallest absolute Gasteiger partial charge is 0.307 e. The van der Waals surface area contributed by atoms with Gasteiger partial charge in [0.15, 0.2) is 5.96 Å². The molecule has 6 heteroatoms. The third kappa shape index (κ3) is 12.5. The minimum Gasteiger partial charge on any atom is -0.469 e. The van der Waals surface area contributed by atoms with E-state index in [0.29, 0.717) is 19.0 Å². The third-order valence-corrected chi connectivity index (χ3v) is 2.78. The molecule has 0 saturated heterocycles. The number of rotatable bonds is 9. The lowest BCUT2D eigenvalue weighted by Crippen LogP contribution is -2.42. The lowest BCUT2D eigenvalue weighted by atomic mass is 10.1. The molecule has 0 fully saturated rings. The van der Waals surface area contributed by atoms with Crippen LogP contribution in [0.25, 0.3) is 0 Å². The van der Waals surface area contributed by atoms with Crippen LogP contribution in [0.15, 0.2) is 4.99 Å². The van der Waals surface area contributed by atoms with E-state index in [1.54, 1.807) is 0 Å². The number of methoxy groups -OCH3 is 1. The molecular weight excluding hydrogens is 369 g/mol. The summed E-state index contributed by atoms with van der Waals surface area (Å²) in [6, 6.07) is 0.391. The van der Waals surface area contributed by atoms with E-state index in [2.05, 4.69) is 34.2 Å². The number of nitrogens with zero attached hydrogens (tertiary/aromatic N) is 1. The van der Waals surface area contributed by atoms with E-state index in [1.165, 1.54) is 26.4 Å². The van der Waals surface area contributed by atoms with Crippen molar-refractivity contribution in [3.05, 3.63) is 0 Å². The second-order valence-electron chi connectivity index (χ2n) is 4.63. The van der Waals surface area contributed by atoms with Gasteiger partial charge in [0.05, 0.1) is 20.1 Å². The molecule has 0 heterocycles. The summed E-state index contributed by atoms with van der Waals surface area (Å²) in [5.41, 5.74) is 0. The van der Waals surface area contributed by atoms with Gasteiger partial charge in [0.25, 0.3) is 0 Å². The van der Waals surface area contributed by atoms with Crippen LogP contribution in [-0.2, 0) is 9.53 Å². The number of nitrogens with one attached hydrogen (secondary N) is 2. The van der Waals surface area contributed by atoms with Gasteiger partial charge in [-0.15, -0.1) is 24.0 Å². The summed E-state index contributed by atoms with van der Waals surface area (Å²) < 4.78 is 4.59. The van der Waals surface area contributed by atoms with Crippen LogP contribution in [0.5, 0.6) is 0 Å². The van der Waals surface area contributed by atoms with E-state index in [9.17, 15) is 4.79 Å². The van der Waals surface area contributed by atoms with Gasteiger partial charge in [-0.1, -0.05) is 26.2 Å². The predicted octanol–water partition coefficient (Wildman–Crippen LogP) is 2.69. The average Bonchev–Trinajstić information content (AvgIpc) is 2.39. The molecule has 0 aliphatic carbocycles. The number of hydrogen-bond acceptors (Lipinski definition) is 3. The van der Waals surface area contributed by atoms with Crippen LogP contribution in [0, 0.1) is 0 Å². The zero-order valence-electron chi connectivity index (χ0n) is 13.2. The molecular formula is C14H30IN3O2. The third-order valence-electron chi connectivity index (χ3n) is 2.78. The van der Waals surface area contributed by atoms with Crippen molar-refractivity contribution in [2.45, 2.75) is 58.9 Å². The second kappa shape index (κ2) is 14.9. The topological polar surface area (TPSA) is 62.7 Å². The largest absolute Gasteiger partial charge is 0.469 e. The molecule has 0 aromatic carbocycles. The Morgan fingerprint density at radius 2 is 2.00 bits per heavy atom. The first-order valence-electron chi connectivity index (χ1n) is 7.25. The maximum atomic E-state index is 11.0. The summed E-state index contributed by atoms with van der Waals surface area (Å²) in [5, 5.41) is 6.54. The van der Waals surface area contributed by atoms with Crippen LogP contribution >= 0.6 is 24.0 Å². The fourth-order valence-corrected chi connectivity index (χ4v) is 1.69. The van der Waals surface area contributed by atoms with Crippen LogP contribution in [0.1, 0.15) is 52.9 Å². The summed E-state index contributed by atoms with van der Waals surface area (Å²) in [6.45, 7) is 7.65. The van der Waals surface area contributed by atoms with Gasteiger partial charge >= 0.3 is 5.97 Å². The van der Waals surface area contributed by atoms with Gasteiger partial charge in [0.1, 0.15) is 0 Å². The van der Waals surface area contributed by atoms with Crippen molar-refractivity contribution in [2.75, 3.05) is 20.2 Å². The molecule has 0 aliphatic heterocycles. The number of hydrogen-bond donors (Lipinski definition) is 2. The highest BCUT2D eigenvalue weighted by Gasteiger charge is 2.05. The number of aliphatic imine (C=N–C) groups is 1. The van der Waals surface area contributed by atoms with Crippen LogP contribution in [0.3, 0.4) is 0 Å². The monoisotopic (exact) mass is 399 g/mol. The molecule has 0 rings (SSSR count). The number of guanidine groups is 1. The molecule has 120 valence electrons. The number of halogens is 1. The number of unbranched alkanes of at least 4 members (excludes halogenated alkanes) is 2. The highest BCUT2D eigenvalue weighted by atomic mass is 127. The van der Waals surface area contributed by atoms with Crippen molar-refractivity contribution in [1.82, 2.24) is 10.6 Å². The van der Waals surface area contributed by atoms with Crippen molar-refractivity contribution in [3.8, 4) is 0 Å². The van der Waals surface area contributed by atoms with Gasteiger partial charge in [-0.25, -0.2) is 0 Å². The van der Waals surface area contributed by atoms with Gasteiger partial charge in [-0.3, -0.25) is 9.79 Å². The van der Waals surface area contributed by atoms with Crippen molar-refractivity contribution in [3.63, 3.8) is 0 Å². The Bertz CT molecular complexity index is 273. The molecule has 0 radical (unpaired) electrons. The summed E-state index contributed by atoms with van der Waals surface area (Å²) in [5.74, 6) is 0.547. The molecule has 2 N–H and O–H groups in total. The summed E-state index contributed by atoms with van der Waals surface area (Å²) >= 11 is 0. The van der Waals surface area contributed by atoms with Crippen LogP contribution in [0.4, 0.5) is 0 Å². The minimum absolute atomic E-state index is 0. The number of ether oxygens (including phenoxy) is 1. The summed E-state index contributed by atoms with van der Waals surface area (Å²) in [6.07, 6.45) is 5.18. The summed E-state index contributed by atoms with van der Waals surface area (Å²) in [4.78, 5) is 15.4. The molecule has 5 nitrogen and oxygen atoms in total. The molecule has 20 heavy (non-hydrogen) atoms. The van der Waals surface area contributed by atoms with Gasteiger partial charge in [0, 0.05) is 12.6 Å². The first-order valence-corrected chi connectivity index (χ1v) is 7.25. The van der Waals surface area contributed by atoms with E-state index in [-0.39, 0.29) is 29.9 Å². The lowest BCUT2D eigenvalue weighted by Gasteiger charge is -2.17. The molecule has 0 spiro atoms. The van der Waals surface area contributed by atoms with Gasteiger partial charge < -0.3 is 15.4 Å². The minimum atomic E-state index is -0.226. The molecule has 0 saturated carbocycles. The Balaban J connectivity index is 0. The predicted molar refractivity (Wildman–Crippen MR) is 94.8 cm³/mol. The Hall–Kier alpha value is -0.530. The van der Waals surface area contributed by atoms with Crippen molar-refractivity contribution in [2.24, 2.45) is 4.99 Å². The maximum Gasteiger partial charge on any atom is 0.307 e. The highest BCUT2D eigenvalue weighted by Crippen LogP contribution is 2.02. The quantitative estimate of drug-likeness (QED) is 0.206. The standard InChI is InChI=1S/C14H29N3O2.HI/c1-5-7-8-9-12(3)17-14(15-6-2)16-11-10-13(18)19-4;/h12H,5-11H2,1-4H3,(H2,15,16,17);1H. The van der Waals surface area contributed by atoms with E-state index in [1.807, 2.05) is 6.92 Å². The van der Waals surface area contributed by atoms with Crippen LogP contribution in [-0.4, -0.2) is 38.2 Å². The SMILES string of the molecule is CCCCCC(C)NC(=NCCC(=O)OC)NCC.I. The fourth-order valence-electron chi connectivity index (χ4n) is 1.69. The Morgan fingerprint density at radius 3 is 2.55 bits per heavy atom. The van der Waals surface area contributed by atoms with E-state index >= 15 is 0 Å². The normalized spacial score (nSPS) is 12.3. The molecule has 1 atom stereocenters. The van der Waals surface area contributed by atoms with Gasteiger partial charge in [-0.2, -0.15) is 0 Å². The van der Waals surface area contributed by atoms with E-state index in [4.69, 9.17) is 0 Å². The maximum absolute atomic E-state index is 11.0. The van der Waals surface area contributed by atoms with E-state index < -0.39 is 0 Å². The molecule has 0 aromatic rings. The van der Waals surface area contributed by atoms with Crippen molar-refractivity contribution >= 4 is 35.9 Å². The van der Waals surface area contributed by atoms with Gasteiger partial charge in [-0.05, 0) is 20.3 Å². The Morgan fingerprint density at radius 1 is 1.30 bits per heavy atom. The molecule has 1 unspecified atom stereocenters. The first-order chi connectivity index (χ1) is 9.13. The molecule has 0 amide bonds. The molecule has 0 bridgehead atoms. The molecule has 0 aliphatic rings. The number of carbonyl (C=O) groups excluding carboxylic acids is 1. The van der Waals surface area contributed by atoms with Crippen molar-refractivity contribution in [1.29, 1.82) is 0 Å². The van der Waals surface area contributed by atoms with E-state index in [0.717, 1.165) is 18.9 Å². The lowest BCUT2D eigenvalue weighted by molar-refractivity contribution is -0.140. The first kappa shape index (κ1) is 21.8. The van der Waals surface area contributed by atoms with Crippen LogP contribution < -0.4 is 10.6 Å². The van der Waals surface area contributed by atoms with Gasteiger partial charge in [0.2, 0.25) is 0 Å². The fraction of sp³-hybridized carbons (Fsp3) is 0.857. The Kier molecular flexibility index (Phi) is 16.2. The van der Waals surface area contributed by atoms with Crippen LogP contribution in [0.2, 0.25) is 0 Å². The zero-order valence-corrected chi connectivity index (χ0v) is 15.5. The second-order valence-corrected chi connectivity index (χ2v) is 4.63. The van der Waals surface area contributed by atoms with Crippen molar-refractivity contribution < 1.29 is 9.53 Å². The highest BCUT2D eigenvalue weighted by molar-refractivity contribution is 14.0. The number of carbonyl (C=O) groups is 1. The number of esters is 1. The Labute approximate surface area is 140 Å².